The van der Waals surface area contributed by atoms with Gasteiger partial charge < -0.3 is 5.73 Å². The van der Waals surface area contributed by atoms with Crippen LogP contribution >= 0.6 is 0 Å². The van der Waals surface area contributed by atoms with Gasteiger partial charge in [-0.25, -0.2) is 0 Å². The fraction of sp³-hybridized carbons (Fsp3) is 0.833. The zero-order valence-electron chi connectivity index (χ0n) is 8.84. The lowest BCUT2D eigenvalue weighted by Crippen LogP contribution is -2.32. The number of hydrogen-bond donors (Lipinski definition) is 1. The summed E-state index contributed by atoms with van der Waals surface area (Å²) in [6, 6.07) is 0.454. The van der Waals surface area contributed by atoms with Crippen molar-refractivity contribution in [2.45, 2.75) is 52.0 Å². The Balaban J connectivity index is 2.31. The van der Waals surface area contributed by atoms with Crippen LogP contribution in [-0.2, 0) is 0 Å². The molecule has 0 spiro atoms. The fourth-order valence-electron chi connectivity index (χ4n) is 2.24. The van der Waals surface area contributed by atoms with Gasteiger partial charge in [0.15, 0.2) is 0 Å². The van der Waals surface area contributed by atoms with E-state index < -0.39 is 0 Å². The van der Waals surface area contributed by atoms with Crippen LogP contribution in [0.3, 0.4) is 0 Å². The second-order valence-electron chi connectivity index (χ2n) is 4.28. The first-order chi connectivity index (χ1) is 6.24. The first kappa shape index (κ1) is 10.6. The van der Waals surface area contributed by atoms with Crippen molar-refractivity contribution in [2.75, 3.05) is 0 Å². The van der Waals surface area contributed by atoms with Crippen molar-refractivity contribution in [3.63, 3.8) is 0 Å². The monoisotopic (exact) mass is 179 g/mol. The molecule has 3 unspecified atom stereocenters. The van der Waals surface area contributed by atoms with Crippen molar-refractivity contribution in [3.8, 4) is 11.8 Å². The van der Waals surface area contributed by atoms with E-state index in [0.717, 1.165) is 18.3 Å². The highest BCUT2D eigenvalue weighted by Crippen LogP contribution is 2.31. The molecular weight excluding hydrogens is 158 g/mol. The maximum Gasteiger partial charge on any atom is 0.00913 e. The highest BCUT2D eigenvalue weighted by Gasteiger charge is 2.24. The molecule has 0 aliphatic heterocycles. The molecule has 0 bridgehead atoms. The van der Waals surface area contributed by atoms with E-state index in [1.165, 1.54) is 25.7 Å². The van der Waals surface area contributed by atoms with Gasteiger partial charge in [0.05, 0.1) is 0 Å². The third kappa shape index (κ3) is 3.40. The first-order valence-corrected chi connectivity index (χ1v) is 5.39. The second kappa shape index (κ2) is 5.29. The summed E-state index contributed by atoms with van der Waals surface area (Å²) in [6.45, 7) is 4.27. The van der Waals surface area contributed by atoms with Crippen molar-refractivity contribution in [1.29, 1.82) is 0 Å². The Morgan fingerprint density at radius 2 is 2.15 bits per heavy atom. The van der Waals surface area contributed by atoms with Crippen molar-refractivity contribution in [3.05, 3.63) is 0 Å². The number of rotatable bonds is 2. The molecular formula is C12H21N. The van der Waals surface area contributed by atoms with Crippen LogP contribution < -0.4 is 5.73 Å². The lowest BCUT2D eigenvalue weighted by Gasteiger charge is -2.32. The Kier molecular flexibility index (Phi) is 4.32. The minimum absolute atomic E-state index is 0.454. The molecule has 0 aromatic heterocycles. The third-order valence-electron chi connectivity index (χ3n) is 3.22. The van der Waals surface area contributed by atoms with Crippen molar-refractivity contribution < 1.29 is 0 Å². The quantitative estimate of drug-likeness (QED) is 0.648. The fourth-order valence-corrected chi connectivity index (χ4v) is 2.24. The van der Waals surface area contributed by atoms with Gasteiger partial charge in [-0.1, -0.05) is 6.92 Å². The van der Waals surface area contributed by atoms with E-state index in [4.69, 9.17) is 5.73 Å². The van der Waals surface area contributed by atoms with E-state index in [2.05, 4.69) is 18.8 Å². The highest BCUT2D eigenvalue weighted by atomic mass is 14.6. The van der Waals surface area contributed by atoms with E-state index in [1.54, 1.807) is 0 Å². The molecule has 0 saturated heterocycles. The maximum atomic E-state index is 5.96. The predicted molar refractivity (Wildman–Crippen MR) is 57.2 cm³/mol. The normalized spacial score (nSPS) is 33.6. The van der Waals surface area contributed by atoms with Gasteiger partial charge in [0.1, 0.15) is 0 Å². The summed E-state index contributed by atoms with van der Waals surface area (Å²) in [5, 5.41) is 0. The molecule has 1 aliphatic rings. The summed E-state index contributed by atoms with van der Waals surface area (Å²) in [4.78, 5) is 0. The molecule has 1 aliphatic carbocycles. The molecule has 0 radical (unpaired) electrons. The molecule has 0 aromatic rings. The average Bonchev–Trinajstić information content (AvgIpc) is 2.11. The van der Waals surface area contributed by atoms with Crippen LogP contribution in [0, 0.1) is 23.7 Å². The third-order valence-corrected chi connectivity index (χ3v) is 3.22. The molecule has 3 atom stereocenters. The lowest BCUT2D eigenvalue weighted by molar-refractivity contribution is 0.222. The SMILES string of the molecule is CC#CCCC1CC(N)CCC1C. The number of hydrogen-bond acceptors (Lipinski definition) is 1. The smallest absolute Gasteiger partial charge is 0.00913 e. The van der Waals surface area contributed by atoms with Gasteiger partial charge in [-0.2, -0.15) is 0 Å². The Morgan fingerprint density at radius 1 is 1.38 bits per heavy atom. The molecule has 74 valence electrons. The minimum atomic E-state index is 0.454. The average molecular weight is 179 g/mol. The summed E-state index contributed by atoms with van der Waals surface area (Å²) < 4.78 is 0. The molecule has 0 amide bonds. The Labute approximate surface area is 82.1 Å². The summed E-state index contributed by atoms with van der Waals surface area (Å²) >= 11 is 0. The van der Waals surface area contributed by atoms with Crippen LogP contribution in [0.4, 0.5) is 0 Å². The Hall–Kier alpha value is -0.480. The molecule has 0 aromatic carbocycles. The molecule has 2 N–H and O–H groups in total. The largest absolute Gasteiger partial charge is 0.328 e. The van der Waals surface area contributed by atoms with E-state index in [1.807, 2.05) is 6.92 Å². The standard InChI is InChI=1S/C12H21N/c1-3-4-5-6-11-9-12(13)8-7-10(11)2/h10-12H,5-9,13H2,1-2H3. The molecule has 1 fully saturated rings. The van der Waals surface area contributed by atoms with Gasteiger partial charge in [0.25, 0.3) is 0 Å². The lowest BCUT2D eigenvalue weighted by atomic mass is 9.76. The van der Waals surface area contributed by atoms with Gasteiger partial charge in [-0.3, -0.25) is 0 Å². The summed E-state index contributed by atoms with van der Waals surface area (Å²) in [5.41, 5.74) is 5.96. The van der Waals surface area contributed by atoms with Crippen LogP contribution in [0.1, 0.15) is 46.0 Å². The van der Waals surface area contributed by atoms with Crippen LogP contribution in [-0.4, -0.2) is 6.04 Å². The van der Waals surface area contributed by atoms with Gasteiger partial charge in [0.2, 0.25) is 0 Å². The van der Waals surface area contributed by atoms with Gasteiger partial charge in [-0.05, 0) is 44.4 Å². The van der Waals surface area contributed by atoms with E-state index in [0.29, 0.717) is 6.04 Å². The van der Waals surface area contributed by atoms with Crippen LogP contribution in [0.15, 0.2) is 0 Å². The second-order valence-corrected chi connectivity index (χ2v) is 4.28. The Bertz CT molecular complexity index is 199. The van der Waals surface area contributed by atoms with Crippen molar-refractivity contribution in [2.24, 2.45) is 17.6 Å². The Morgan fingerprint density at radius 3 is 2.85 bits per heavy atom. The van der Waals surface area contributed by atoms with Gasteiger partial charge in [0, 0.05) is 12.5 Å². The molecule has 1 saturated carbocycles. The van der Waals surface area contributed by atoms with Crippen molar-refractivity contribution >= 4 is 0 Å². The number of nitrogens with two attached hydrogens (primary N) is 1. The molecule has 1 heteroatoms. The first-order valence-electron chi connectivity index (χ1n) is 5.39. The van der Waals surface area contributed by atoms with E-state index in [9.17, 15) is 0 Å². The summed E-state index contributed by atoms with van der Waals surface area (Å²) in [6.07, 6.45) is 6.04. The zero-order chi connectivity index (χ0) is 9.68. The van der Waals surface area contributed by atoms with Crippen molar-refractivity contribution in [1.82, 2.24) is 0 Å². The minimum Gasteiger partial charge on any atom is -0.328 e. The van der Waals surface area contributed by atoms with Crippen LogP contribution in [0.5, 0.6) is 0 Å². The predicted octanol–water partition coefficient (Wildman–Crippen LogP) is 2.55. The molecule has 1 nitrogen and oxygen atoms in total. The molecule has 13 heavy (non-hydrogen) atoms. The molecule has 0 heterocycles. The highest BCUT2D eigenvalue weighted by molar-refractivity contribution is 4.95. The van der Waals surface area contributed by atoms with Crippen LogP contribution in [0.2, 0.25) is 0 Å². The maximum absolute atomic E-state index is 5.96. The van der Waals surface area contributed by atoms with Gasteiger partial charge in [-0.15, -0.1) is 11.8 Å². The summed E-state index contributed by atoms with van der Waals surface area (Å²) in [5.74, 6) is 7.78. The topological polar surface area (TPSA) is 26.0 Å². The van der Waals surface area contributed by atoms with E-state index in [-0.39, 0.29) is 0 Å². The van der Waals surface area contributed by atoms with Gasteiger partial charge >= 0.3 is 0 Å². The summed E-state index contributed by atoms with van der Waals surface area (Å²) in [7, 11) is 0. The van der Waals surface area contributed by atoms with Crippen LogP contribution in [0.25, 0.3) is 0 Å². The zero-order valence-corrected chi connectivity index (χ0v) is 8.84. The van der Waals surface area contributed by atoms with E-state index >= 15 is 0 Å². The molecule has 1 rings (SSSR count).